The average molecular weight is 354 g/mol. The molecule has 1 aliphatic carbocycles. The van der Waals surface area contributed by atoms with Crippen molar-refractivity contribution in [3.8, 4) is 0 Å². The highest BCUT2D eigenvalue weighted by Gasteiger charge is 2.31. The normalized spacial score (nSPS) is 19.8. The summed E-state index contributed by atoms with van der Waals surface area (Å²) in [7, 11) is 1.87. The van der Waals surface area contributed by atoms with Crippen LogP contribution in [0.3, 0.4) is 0 Å². The maximum absolute atomic E-state index is 4.41. The Morgan fingerprint density at radius 1 is 1.19 bits per heavy atom. The minimum Gasteiger partial charge on any atom is -0.361 e. The number of benzene rings is 1. The molecule has 0 amide bonds. The van der Waals surface area contributed by atoms with Crippen LogP contribution >= 0.6 is 0 Å². The molecule has 3 N–H and O–H groups in total. The van der Waals surface area contributed by atoms with Crippen molar-refractivity contribution in [1.82, 2.24) is 20.5 Å². The molecule has 2 fully saturated rings. The van der Waals surface area contributed by atoms with Crippen molar-refractivity contribution in [3.63, 3.8) is 0 Å². The number of rotatable bonds is 6. The van der Waals surface area contributed by atoms with Crippen LogP contribution in [0.5, 0.6) is 0 Å². The number of para-hydroxylation sites is 1. The van der Waals surface area contributed by atoms with Gasteiger partial charge in [-0.25, -0.2) is 0 Å². The van der Waals surface area contributed by atoms with Crippen molar-refractivity contribution in [3.05, 3.63) is 36.0 Å². The van der Waals surface area contributed by atoms with Gasteiger partial charge in [-0.2, -0.15) is 0 Å². The van der Waals surface area contributed by atoms with Crippen molar-refractivity contribution >= 4 is 16.9 Å². The van der Waals surface area contributed by atoms with Gasteiger partial charge >= 0.3 is 0 Å². The molecule has 1 saturated heterocycles. The maximum Gasteiger partial charge on any atom is 0.191 e. The van der Waals surface area contributed by atoms with Gasteiger partial charge in [0.2, 0.25) is 0 Å². The number of guanidine groups is 1. The zero-order chi connectivity index (χ0) is 17.8. The summed E-state index contributed by atoms with van der Waals surface area (Å²) in [6.45, 7) is 3.42. The molecule has 2 aromatic rings. The van der Waals surface area contributed by atoms with E-state index >= 15 is 0 Å². The first-order valence-electron chi connectivity index (χ1n) is 10.1. The first-order chi connectivity index (χ1) is 12.8. The number of aryl methyl sites for hydroxylation is 1. The van der Waals surface area contributed by atoms with Gasteiger partial charge in [-0.1, -0.05) is 18.2 Å². The Hall–Kier alpha value is -2.01. The van der Waals surface area contributed by atoms with Gasteiger partial charge in [0.15, 0.2) is 5.96 Å². The molecular formula is C21H31N5. The van der Waals surface area contributed by atoms with Crippen LogP contribution in [-0.2, 0) is 6.42 Å². The van der Waals surface area contributed by atoms with E-state index in [0.29, 0.717) is 6.04 Å². The number of fused-ring (bicyclic) bond motifs is 1. The molecule has 4 rings (SSSR count). The first kappa shape index (κ1) is 17.4. The van der Waals surface area contributed by atoms with Gasteiger partial charge in [-0.15, -0.1) is 0 Å². The summed E-state index contributed by atoms with van der Waals surface area (Å²) in [6.07, 6.45) is 9.61. The average Bonchev–Trinajstić information content (AvgIpc) is 3.45. The number of nitrogens with zero attached hydrogens (tertiary/aromatic N) is 2. The van der Waals surface area contributed by atoms with Crippen LogP contribution in [0.25, 0.3) is 10.9 Å². The quantitative estimate of drug-likeness (QED) is 0.425. The highest BCUT2D eigenvalue weighted by molar-refractivity contribution is 5.83. The van der Waals surface area contributed by atoms with Gasteiger partial charge in [0.1, 0.15) is 0 Å². The molecule has 1 aliphatic heterocycles. The topological polar surface area (TPSA) is 55.5 Å². The van der Waals surface area contributed by atoms with Crippen molar-refractivity contribution in [2.75, 3.05) is 26.7 Å². The Morgan fingerprint density at radius 2 is 2.00 bits per heavy atom. The number of hydrogen-bond acceptors (Lipinski definition) is 2. The third kappa shape index (κ3) is 4.21. The van der Waals surface area contributed by atoms with E-state index in [0.717, 1.165) is 31.4 Å². The molecule has 2 heterocycles. The predicted molar refractivity (Wildman–Crippen MR) is 109 cm³/mol. The standard InChI is InChI=1S/C21H31N5/c1-22-21(25-17-10-13-26(14-11-17)18-8-9-18)23-12-4-5-16-15-24-20-7-3-2-6-19(16)20/h2-3,6-7,15,17-18,24H,4-5,8-14H2,1H3,(H2,22,23,25). The van der Waals surface area contributed by atoms with E-state index in [-0.39, 0.29) is 0 Å². The van der Waals surface area contributed by atoms with Crippen LogP contribution < -0.4 is 10.6 Å². The third-order valence-corrected chi connectivity index (χ3v) is 5.75. The largest absolute Gasteiger partial charge is 0.361 e. The van der Waals surface area contributed by atoms with Gasteiger partial charge < -0.3 is 20.5 Å². The second kappa shape index (κ2) is 8.12. The zero-order valence-electron chi connectivity index (χ0n) is 15.8. The van der Waals surface area contributed by atoms with E-state index in [4.69, 9.17) is 0 Å². The number of nitrogens with one attached hydrogen (secondary N) is 3. The van der Waals surface area contributed by atoms with Crippen LogP contribution in [0.2, 0.25) is 0 Å². The van der Waals surface area contributed by atoms with Crippen molar-refractivity contribution in [2.45, 2.75) is 50.6 Å². The van der Waals surface area contributed by atoms with E-state index in [1.54, 1.807) is 0 Å². The van der Waals surface area contributed by atoms with E-state index < -0.39 is 0 Å². The molecule has 140 valence electrons. The molecule has 5 nitrogen and oxygen atoms in total. The van der Waals surface area contributed by atoms with Crippen LogP contribution in [0, 0.1) is 0 Å². The molecule has 26 heavy (non-hydrogen) atoms. The molecule has 1 aromatic carbocycles. The summed E-state index contributed by atoms with van der Waals surface area (Å²) in [5.74, 6) is 0.953. The molecule has 1 saturated carbocycles. The number of likely N-dealkylation sites (tertiary alicyclic amines) is 1. The van der Waals surface area contributed by atoms with Crippen LogP contribution in [0.15, 0.2) is 35.5 Å². The summed E-state index contributed by atoms with van der Waals surface area (Å²) in [6, 6.07) is 9.98. The molecule has 5 heteroatoms. The lowest BCUT2D eigenvalue weighted by molar-refractivity contribution is 0.197. The summed E-state index contributed by atoms with van der Waals surface area (Å²) >= 11 is 0. The van der Waals surface area contributed by atoms with E-state index in [1.807, 2.05) is 7.05 Å². The fourth-order valence-corrected chi connectivity index (χ4v) is 4.06. The fourth-order valence-electron chi connectivity index (χ4n) is 4.06. The van der Waals surface area contributed by atoms with Crippen LogP contribution in [0.1, 0.15) is 37.7 Å². The van der Waals surface area contributed by atoms with Gasteiger partial charge in [-0.05, 0) is 50.2 Å². The molecule has 1 aromatic heterocycles. The Labute approximate surface area is 156 Å². The molecule has 0 bridgehead atoms. The number of aliphatic imine (C=N–C) groups is 1. The van der Waals surface area contributed by atoms with Crippen molar-refractivity contribution in [2.24, 2.45) is 4.99 Å². The predicted octanol–water partition coefficient (Wildman–Crippen LogP) is 2.89. The van der Waals surface area contributed by atoms with Gasteiger partial charge in [0.05, 0.1) is 0 Å². The molecule has 0 unspecified atom stereocenters. The Kier molecular flexibility index (Phi) is 5.44. The zero-order valence-corrected chi connectivity index (χ0v) is 15.8. The Balaban J connectivity index is 1.18. The third-order valence-electron chi connectivity index (χ3n) is 5.75. The van der Waals surface area contributed by atoms with E-state index in [1.165, 1.54) is 55.2 Å². The number of aromatic amines is 1. The molecule has 0 spiro atoms. The monoisotopic (exact) mass is 353 g/mol. The number of piperidine rings is 1. The smallest absolute Gasteiger partial charge is 0.191 e. The Bertz CT molecular complexity index is 738. The number of aromatic nitrogens is 1. The molecule has 0 atom stereocenters. The first-order valence-corrected chi connectivity index (χ1v) is 10.1. The van der Waals surface area contributed by atoms with Crippen molar-refractivity contribution < 1.29 is 0 Å². The number of H-pyrrole nitrogens is 1. The lowest BCUT2D eigenvalue weighted by atomic mass is 10.1. The van der Waals surface area contributed by atoms with Gasteiger partial charge in [-0.3, -0.25) is 4.99 Å². The van der Waals surface area contributed by atoms with Gasteiger partial charge in [0.25, 0.3) is 0 Å². The molecule has 2 aliphatic rings. The molecule has 0 radical (unpaired) electrons. The lowest BCUT2D eigenvalue weighted by Gasteiger charge is -2.33. The molecular weight excluding hydrogens is 322 g/mol. The van der Waals surface area contributed by atoms with E-state index in [2.05, 4.69) is 56.0 Å². The maximum atomic E-state index is 4.41. The van der Waals surface area contributed by atoms with Crippen LogP contribution in [0.4, 0.5) is 0 Å². The second-order valence-corrected chi connectivity index (χ2v) is 7.65. The minimum absolute atomic E-state index is 0.560. The number of hydrogen-bond donors (Lipinski definition) is 3. The summed E-state index contributed by atoms with van der Waals surface area (Å²) in [5.41, 5.74) is 2.63. The highest BCUT2D eigenvalue weighted by Crippen LogP contribution is 2.29. The fraction of sp³-hybridized carbons (Fsp3) is 0.571. The summed E-state index contributed by atoms with van der Waals surface area (Å²) in [5, 5.41) is 8.45. The van der Waals surface area contributed by atoms with E-state index in [9.17, 15) is 0 Å². The second-order valence-electron chi connectivity index (χ2n) is 7.65. The highest BCUT2D eigenvalue weighted by atomic mass is 15.2. The van der Waals surface area contributed by atoms with Crippen molar-refractivity contribution in [1.29, 1.82) is 0 Å². The van der Waals surface area contributed by atoms with Gasteiger partial charge in [0, 0.05) is 55.9 Å². The lowest BCUT2D eigenvalue weighted by Crippen LogP contribution is -2.49. The van der Waals surface area contributed by atoms with Crippen LogP contribution in [-0.4, -0.2) is 54.6 Å². The Morgan fingerprint density at radius 3 is 2.77 bits per heavy atom. The minimum atomic E-state index is 0.560. The SMILES string of the molecule is CN=C(NCCCc1c[nH]c2ccccc12)NC1CCN(C2CC2)CC1. The summed E-state index contributed by atoms with van der Waals surface area (Å²) in [4.78, 5) is 10.4. The summed E-state index contributed by atoms with van der Waals surface area (Å²) < 4.78 is 0.